The van der Waals surface area contributed by atoms with Gasteiger partial charge in [0.1, 0.15) is 0 Å². The van der Waals surface area contributed by atoms with E-state index >= 15 is 0 Å². The second-order valence-corrected chi connectivity index (χ2v) is 5.12. The lowest BCUT2D eigenvalue weighted by Gasteiger charge is -2.00. The van der Waals surface area contributed by atoms with Gasteiger partial charge in [-0.1, -0.05) is 6.07 Å². The first kappa shape index (κ1) is 15.8. The van der Waals surface area contributed by atoms with E-state index in [0.29, 0.717) is 21.3 Å². The van der Waals surface area contributed by atoms with Gasteiger partial charge in [-0.3, -0.25) is 15.1 Å². The Morgan fingerprint density at radius 3 is 2.55 bits per heavy atom. The Labute approximate surface area is 134 Å². The Balaban J connectivity index is 2.20. The van der Waals surface area contributed by atoms with E-state index in [4.69, 9.17) is 0 Å². The topological polar surface area (TPSA) is 81.8 Å². The lowest BCUT2D eigenvalue weighted by Crippen LogP contribution is -1.99. The van der Waals surface area contributed by atoms with Crippen LogP contribution < -0.4 is 0 Å². The molecule has 0 aliphatic carbocycles. The van der Waals surface area contributed by atoms with Crippen LogP contribution in [0.4, 0.5) is 11.4 Å². The minimum atomic E-state index is -0.466. The van der Waals surface area contributed by atoms with Gasteiger partial charge in [0.05, 0.1) is 27.8 Å². The Bertz CT molecular complexity index is 742. The molecule has 0 aromatic heterocycles. The number of nitrogens with zero attached hydrogens (tertiary/aromatic N) is 2. The standard InChI is InChI=1S/C15H11BrN2O4/c1-22-15(19)11-3-5-12(6-4-11)17-9-10-2-7-13(16)14(8-10)18(20)21/h2-9H,1H3. The number of carbonyl (C=O) groups is 1. The summed E-state index contributed by atoms with van der Waals surface area (Å²) >= 11 is 3.13. The van der Waals surface area contributed by atoms with Gasteiger partial charge >= 0.3 is 5.97 Å². The Morgan fingerprint density at radius 1 is 1.27 bits per heavy atom. The van der Waals surface area contributed by atoms with Crippen molar-refractivity contribution in [3.63, 3.8) is 0 Å². The summed E-state index contributed by atoms with van der Waals surface area (Å²) in [6, 6.07) is 11.3. The highest BCUT2D eigenvalue weighted by Crippen LogP contribution is 2.25. The predicted molar refractivity (Wildman–Crippen MR) is 85.8 cm³/mol. The second-order valence-electron chi connectivity index (χ2n) is 4.26. The van der Waals surface area contributed by atoms with Crippen molar-refractivity contribution in [3.8, 4) is 0 Å². The molecule has 22 heavy (non-hydrogen) atoms. The van der Waals surface area contributed by atoms with Crippen molar-refractivity contribution in [2.24, 2.45) is 4.99 Å². The third kappa shape index (κ3) is 3.76. The number of carbonyl (C=O) groups excluding carboxylic acids is 1. The first-order chi connectivity index (χ1) is 10.5. The molecule has 2 aromatic carbocycles. The Morgan fingerprint density at radius 2 is 1.95 bits per heavy atom. The van der Waals surface area contributed by atoms with E-state index in [0.717, 1.165) is 0 Å². The zero-order chi connectivity index (χ0) is 16.1. The van der Waals surface area contributed by atoms with Gasteiger partial charge in [0.25, 0.3) is 5.69 Å². The molecule has 0 spiro atoms. The van der Waals surface area contributed by atoms with Crippen LogP contribution in [0.2, 0.25) is 0 Å². The molecule has 0 saturated heterocycles. The molecule has 0 bridgehead atoms. The van der Waals surface area contributed by atoms with Gasteiger partial charge in [-0.2, -0.15) is 0 Å². The van der Waals surface area contributed by atoms with E-state index < -0.39 is 10.9 Å². The number of nitro benzene ring substituents is 1. The smallest absolute Gasteiger partial charge is 0.337 e. The van der Waals surface area contributed by atoms with Gasteiger partial charge in [0.15, 0.2) is 0 Å². The number of hydrogen-bond acceptors (Lipinski definition) is 5. The van der Waals surface area contributed by atoms with Crippen molar-refractivity contribution in [2.45, 2.75) is 0 Å². The third-order valence-electron chi connectivity index (χ3n) is 2.82. The van der Waals surface area contributed by atoms with Crippen LogP contribution in [0.3, 0.4) is 0 Å². The lowest BCUT2D eigenvalue weighted by molar-refractivity contribution is -0.385. The monoisotopic (exact) mass is 362 g/mol. The Hall–Kier alpha value is -2.54. The second kappa shape index (κ2) is 6.95. The zero-order valence-electron chi connectivity index (χ0n) is 11.5. The molecule has 0 heterocycles. The number of benzene rings is 2. The summed E-state index contributed by atoms with van der Waals surface area (Å²) in [5.74, 6) is -0.418. The maximum Gasteiger partial charge on any atom is 0.337 e. The molecule has 0 atom stereocenters. The third-order valence-corrected chi connectivity index (χ3v) is 3.49. The molecule has 0 aliphatic rings. The normalized spacial score (nSPS) is 10.6. The fourth-order valence-corrected chi connectivity index (χ4v) is 2.09. The maximum atomic E-state index is 11.3. The molecule has 2 aromatic rings. The molecule has 0 unspecified atom stereocenters. The number of halogens is 1. The lowest BCUT2D eigenvalue weighted by atomic mass is 10.2. The van der Waals surface area contributed by atoms with E-state index in [9.17, 15) is 14.9 Å². The van der Waals surface area contributed by atoms with Crippen LogP contribution in [0.1, 0.15) is 15.9 Å². The average Bonchev–Trinajstić information content (AvgIpc) is 2.53. The highest BCUT2D eigenvalue weighted by Gasteiger charge is 2.11. The van der Waals surface area contributed by atoms with Crippen LogP contribution in [0.15, 0.2) is 51.9 Å². The number of aliphatic imine (C=N–C) groups is 1. The fourth-order valence-electron chi connectivity index (χ4n) is 1.70. The van der Waals surface area contributed by atoms with Gasteiger partial charge < -0.3 is 4.74 Å². The molecule has 6 nitrogen and oxygen atoms in total. The van der Waals surface area contributed by atoms with E-state index in [2.05, 4.69) is 25.7 Å². The first-order valence-corrected chi connectivity index (χ1v) is 6.97. The van der Waals surface area contributed by atoms with Crippen LogP contribution >= 0.6 is 15.9 Å². The van der Waals surface area contributed by atoms with Gasteiger partial charge in [0, 0.05) is 12.3 Å². The van der Waals surface area contributed by atoms with Crippen molar-refractivity contribution in [1.29, 1.82) is 0 Å². The molecule has 0 radical (unpaired) electrons. The van der Waals surface area contributed by atoms with Crippen LogP contribution in [-0.4, -0.2) is 24.2 Å². The van der Waals surface area contributed by atoms with Gasteiger partial charge in [-0.05, 0) is 51.8 Å². The van der Waals surface area contributed by atoms with Crippen molar-refractivity contribution in [1.82, 2.24) is 0 Å². The minimum absolute atomic E-state index is 0.0232. The molecule has 7 heteroatoms. The largest absolute Gasteiger partial charge is 0.465 e. The van der Waals surface area contributed by atoms with E-state index in [1.165, 1.54) is 19.4 Å². The summed E-state index contributed by atoms with van der Waals surface area (Å²) in [6.07, 6.45) is 1.52. The summed E-state index contributed by atoms with van der Waals surface area (Å²) < 4.78 is 5.02. The number of nitro groups is 1. The maximum absolute atomic E-state index is 11.3. The van der Waals surface area contributed by atoms with Gasteiger partial charge in [-0.25, -0.2) is 4.79 Å². The summed E-state index contributed by atoms with van der Waals surface area (Å²) in [6.45, 7) is 0. The van der Waals surface area contributed by atoms with Crippen LogP contribution in [0.5, 0.6) is 0 Å². The van der Waals surface area contributed by atoms with E-state index in [1.807, 2.05) is 0 Å². The average molecular weight is 363 g/mol. The molecule has 0 amide bonds. The highest BCUT2D eigenvalue weighted by molar-refractivity contribution is 9.10. The Kier molecular flexibility index (Phi) is 5.00. The molecule has 0 fully saturated rings. The zero-order valence-corrected chi connectivity index (χ0v) is 13.1. The summed E-state index contributed by atoms with van der Waals surface area (Å²) in [4.78, 5) is 25.9. The summed E-state index contributed by atoms with van der Waals surface area (Å²) in [5.41, 5.74) is 1.64. The molecule has 0 saturated carbocycles. The predicted octanol–water partition coefficient (Wildman–Crippen LogP) is 3.89. The van der Waals surface area contributed by atoms with Gasteiger partial charge in [-0.15, -0.1) is 0 Å². The SMILES string of the molecule is COC(=O)c1ccc(N=Cc2ccc(Br)c([N+](=O)[O-])c2)cc1. The number of ether oxygens (including phenoxy) is 1. The van der Waals surface area contributed by atoms with Crippen LogP contribution in [0, 0.1) is 10.1 Å². The number of rotatable bonds is 4. The minimum Gasteiger partial charge on any atom is -0.465 e. The summed E-state index contributed by atoms with van der Waals surface area (Å²) in [7, 11) is 1.31. The quantitative estimate of drug-likeness (QED) is 0.357. The molecule has 2 rings (SSSR count). The molecular formula is C15H11BrN2O4. The van der Waals surface area contributed by atoms with Crippen molar-refractivity contribution in [2.75, 3.05) is 7.11 Å². The molecule has 0 N–H and O–H groups in total. The number of methoxy groups -OCH3 is 1. The van der Waals surface area contributed by atoms with Crippen LogP contribution in [0.25, 0.3) is 0 Å². The fraction of sp³-hybridized carbons (Fsp3) is 0.0667. The molecular weight excluding hydrogens is 352 g/mol. The van der Waals surface area contributed by atoms with Crippen molar-refractivity contribution >= 4 is 39.5 Å². The summed E-state index contributed by atoms with van der Waals surface area (Å²) in [5, 5.41) is 10.9. The number of esters is 1. The first-order valence-electron chi connectivity index (χ1n) is 6.17. The highest BCUT2D eigenvalue weighted by atomic mass is 79.9. The van der Waals surface area contributed by atoms with E-state index in [-0.39, 0.29) is 5.69 Å². The van der Waals surface area contributed by atoms with E-state index in [1.54, 1.807) is 36.4 Å². The number of hydrogen-bond donors (Lipinski definition) is 0. The van der Waals surface area contributed by atoms with Crippen LogP contribution in [-0.2, 0) is 4.74 Å². The van der Waals surface area contributed by atoms with Gasteiger partial charge in [0.2, 0.25) is 0 Å². The van der Waals surface area contributed by atoms with Crippen molar-refractivity contribution < 1.29 is 14.5 Å². The van der Waals surface area contributed by atoms with Crippen molar-refractivity contribution in [3.05, 3.63) is 68.2 Å². The molecule has 0 aliphatic heterocycles. The molecule has 112 valence electrons.